The molecule has 1 aromatic carbocycles. The van der Waals surface area contributed by atoms with Gasteiger partial charge in [-0.3, -0.25) is 0 Å². The van der Waals surface area contributed by atoms with Crippen LogP contribution in [0.4, 0.5) is 5.69 Å². The van der Waals surface area contributed by atoms with Crippen molar-refractivity contribution in [3.8, 4) is 0 Å². The molecule has 0 bridgehead atoms. The number of hydrogen-bond donors (Lipinski definition) is 1. The lowest BCUT2D eigenvalue weighted by Crippen LogP contribution is -2.45. The first-order valence-electron chi connectivity index (χ1n) is 7.42. The van der Waals surface area contributed by atoms with Gasteiger partial charge in [0.15, 0.2) is 0 Å². The maximum absolute atomic E-state index is 6.20. The lowest BCUT2D eigenvalue weighted by atomic mass is 10.00. The highest BCUT2D eigenvalue weighted by Gasteiger charge is 2.23. The average Bonchev–Trinajstić information content (AvgIpc) is 2.40. The van der Waals surface area contributed by atoms with E-state index in [1.165, 1.54) is 24.1 Å². The Balaban J connectivity index is 2.23. The van der Waals surface area contributed by atoms with E-state index in [2.05, 4.69) is 43.0 Å². The number of halogens is 1. The van der Waals surface area contributed by atoms with Gasteiger partial charge in [0, 0.05) is 35.9 Å². The summed E-state index contributed by atoms with van der Waals surface area (Å²) in [4.78, 5) is 4.79. The van der Waals surface area contributed by atoms with E-state index in [4.69, 9.17) is 17.3 Å². The number of hydrogen-bond acceptors (Lipinski definition) is 3. The van der Waals surface area contributed by atoms with E-state index in [1.807, 2.05) is 6.07 Å². The fourth-order valence-corrected chi connectivity index (χ4v) is 3.11. The zero-order chi connectivity index (χ0) is 14.7. The van der Waals surface area contributed by atoms with Crippen LogP contribution in [0.2, 0.25) is 5.02 Å². The Morgan fingerprint density at radius 3 is 2.85 bits per heavy atom. The molecule has 0 spiro atoms. The molecule has 0 aromatic heterocycles. The molecular formula is C16H26ClN3. The van der Waals surface area contributed by atoms with Gasteiger partial charge in [0.05, 0.1) is 0 Å². The van der Waals surface area contributed by atoms with Crippen LogP contribution in [0.1, 0.15) is 25.3 Å². The van der Waals surface area contributed by atoms with Crippen LogP contribution < -0.4 is 10.6 Å². The highest BCUT2D eigenvalue weighted by molar-refractivity contribution is 6.30. The number of likely N-dealkylation sites (N-methyl/N-ethyl adjacent to an activating group) is 1. The number of benzene rings is 1. The van der Waals surface area contributed by atoms with Crippen LogP contribution >= 0.6 is 11.6 Å². The maximum Gasteiger partial charge on any atom is 0.0426 e. The molecule has 0 saturated carbocycles. The summed E-state index contributed by atoms with van der Waals surface area (Å²) in [5.74, 6) is 0. The molecule has 112 valence electrons. The fraction of sp³-hybridized carbons (Fsp3) is 0.625. The summed E-state index contributed by atoms with van der Waals surface area (Å²) in [5.41, 5.74) is 8.55. The van der Waals surface area contributed by atoms with Crippen molar-refractivity contribution in [2.75, 3.05) is 32.1 Å². The van der Waals surface area contributed by atoms with E-state index >= 15 is 0 Å². The molecule has 20 heavy (non-hydrogen) atoms. The summed E-state index contributed by atoms with van der Waals surface area (Å²) in [6.45, 7) is 4.23. The Kier molecular flexibility index (Phi) is 5.30. The summed E-state index contributed by atoms with van der Waals surface area (Å²) in [6.07, 6.45) is 3.40. The second-order valence-corrected chi connectivity index (χ2v) is 6.60. The lowest BCUT2D eigenvalue weighted by molar-refractivity contribution is 0.258. The van der Waals surface area contributed by atoms with Gasteiger partial charge in [-0.15, -0.1) is 0 Å². The van der Waals surface area contributed by atoms with Crippen LogP contribution in [0.3, 0.4) is 0 Å². The van der Waals surface area contributed by atoms with Gasteiger partial charge in [-0.05, 0) is 58.0 Å². The number of anilines is 1. The van der Waals surface area contributed by atoms with Crippen molar-refractivity contribution in [3.63, 3.8) is 0 Å². The van der Waals surface area contributed by atoms with Gasteiger partial charge in [0.2, 0.25) is 0 Å². The van der Waals surface area contributed by atoms with Crippen molar-refractivity contribution in [3.05, 3.63) is 28.8 Å². The smallest absolute Gasteiger partial charge is 0.0426 e. The molecule has 3 nitrogen and oxygen atoms in total. The summed E-state index contributed by atoms with van der Waals surface area (Å²) >= 11 is 6.20. The van der Waals surface area contributed by atoms with Crippen molar-refractivity contribution in [2.24, 2.45) is 5.73 Å². The molecule has 1 heterocycles. The Morgan fingerprint density at radius 1 is 1.45 bits per heavy atom. The second-order valence-electron chi connectivity index (χ2n) is 6.16. The molecule has 1 aliphatic heterocycles. The van der Waals surface area contributed by atoms with Crippen molar-refractivity contribution in [1.82, 2.24) is 4.90 Å². The minimum absolute atomic E-state index is 0.171. The third kappa shape index (κ3) is 3.87. The standard InChI is InChI=1S/C16H26ClN3/c1-12(18)9-13-6-7-14(17)10-16(13)20-8-4-5-15(11-20)19(2)3/h6-7,10,12,15H,4-5,8-9,11,18H2,1-3H3. The van der Waals surface area contributed by atoms with Crippen molar-refractivity contribution >= 4 is 17.3 Å². The molecule has 1 saturated heterocycles. The summed E-state index contributed by atoms with van der Waals surface area (Å²) in [5, 5.41) is 0.806. The molecule has 1 fully saturated rings. The Bertz CT molecular complexity index is 445. The van der Waals surface area contributed by atoms with Gasteiger partial charge in [0.25, 0.3) is 0 Å². The zero-order valence-electron chi connectivity index (χ0n) is 12.8. The molecule has 0 radical (unpaired) electrons. The monoisotopic (exact) mass is 295 g/mol. The minimum Gasteiger partial charge on any atom is -0.370 e. The highest BCUT2D eigenvalue weighted by atomic mass is 35.5. The van der Waals surface area contributed by atoms with Crippen LogP contribution in [0.25, 0.3) is 0 Å². The first-order valence-corrected chi connectivity index (χ1v) is 7.80. The molecule has 2 atom stereocenters. The number of nitrogens with two attached hydrogens (primary N) is 1. The van der Waals surface area contributed by atoms with Crippen LogP contribution in [0, 0.1) is 0 Å². The summed E-state index contributed by atoms with van der Waals surface area (Å²) < 4.78 is 0. The minimum atomic E-state index is 0.171. The SMILES string of the molecule is CC(N)Cc1ccc(Cl)cc1N1CCCC(N(C)C)C1. The average molecular weight is 296 g/mol. The molecule has 2 rings (SSSR count). The van der Waals surface area contributed by atoms with Gasteiger partial charge in [-0.1, -0.05) is 17.7 Å². The maximum atomic E-state index is 6.20. The molecule has 0 aliphatic carbocycles. The summed E-state index contributed by atoms with van der Waals surface area (Å²) in [7, 11) is 4.32. The van der Waals surface area contributed by atoms with Crippen molar-refractivity contribution in [2.45, 2.75) is 38.3 Å². The molecule has 4 heteroatoms. The molecular weight excluding hydrogens is 270 g/mol. The lowest BCUT2D eigenvalue weighted by Gasteiger charge is -2.38. The first-order chi connectivity index (χ1) is 9.47. The Morgan fingerprint density at radius 2 is 2.20 bits per heavy atom. The van der Waals surface area contributed by atoms with Gasteiger partial charge < -0.3 is 15.5 Å². The van der Waals surface area contributed by atoms with Crippen LogP contribution in [0.5, 0.6) is 0 Å². The van der Waals surface area contributed by atoms with E-state index in [9.17, 15) is 0 Å². The predicted octanol–water partition coefficient (Wildman–Crippen LogP) is 2.76. The van der Waals surface area contributed by atoms with E-state index in [0.717, 1.165) is 24.5 Å². The van der Waals surface area contributed by atoms with Gasteiger partial charge in [0.1, 0.15) is 0 Å². The molecule has 2 unspecified atom stereocenters. The van der Waals surface area contributed by atoms with Crippen LogP contribution in [0.15, 0.2) is 18.2 Å². The number of nitrogens with zero attached hydrogens (tertiary/aromatic N) is 2. The van der Waals surface area contributed by atoms with Gasteiger partial charge in [-0.2, -0.15) is 0 Å². The van der Waals surface area contributed by atoms with E-state index in [1.54, 1.807) is 0 Å². The van der Waals surface area contributed by atoms with E-state index in [-0.39, 0.29) is 6.04 Å². The van der Waals surface area contributed by atoms with E-state index < -0.39 is 0 Å². The Labute approximate surface area is 127 Å². The number of piperidine rings is 1. The molecule has 1 aliphatic rings. The predicted molar refractivity (Wildman–Crippen MR) is 87.7 cm³/mol. The first kappa shape index (κ1) is 15.6. The quantitative estimate of drug-likeness (QED) is 0.927. The van der Waals surface area contributed by atoms with Gasteiger partial charge >= 0.3 is 0 Å². The topological polar surface area (TPSA) is 32.5 Å². The van der Waals surface area contributed by atoms with Crippen molar-refractivity contribution < 1.29 is 0 Å². The third-order valence-corrected chi connectivity index (χ3v) is 4.29. The van der Waals surface area contributed by atoms with E-state index in [0.29, 0.717) is 6.04 Å². The van der Waals surface area contributed by atoms with Gasteiger partial charge in [-0.25, -0.2) is 0 Å². The van der Waals surface area contributed by atoms with Crippen LogP contribution in [-0.4, -0.2) is 44.2 Å². The largest absolute Gasteiger partial charge is 0.370 e. The second kappa shape index (κ2) is 6.79. The molecule has 1 aromatic rings. The summed E-state index contributed by atoms with van der Waals surface area (Å²) in [6, 6.07) is 6.98. The van der Waals surface area contributed by atoms with Crippen LogP contribution in [-0.2, 0) is 6.42 Å². The zero-order valence-corrected chi connectivity index (χ0v) is 13.5. The Hall–Kier alpha value is -0.770. The normalized spacial score (nSPS) is 21.3. The molecule has 2 N–H and O–H groups in total. The fourth-order valence-electron chi connectivity index (χ4n) is 2.95. The third-order valence-electron chi connectivity index (χ3n) is 4.06. The molecule has 0 amide bonds. The number of rotatable bonds is 4. The van der Waals surface area contributed by atoms with Crippen molar-refractivity contribution in [1.29, 1.82) is 0 Å². The highest BCUT2D eigenvalue weighted by Crippen LogP contribution is 2.29.